The summed E-state index contributed by atoms with van der Waals surface area (Å²) in [6.07, 6.45) is 3.80. The first kappa shape index (κ1) is 25.2. The van der Waals surface area contributed by atoms with Crippen LogP contribution >= 0.6 is 0 Å². The van der Waals surface area contributed by atoms with Crippen molar-refractivity contribution in [1.29, 1.82) is 0 Å². The second-order valence-corrected chi connectivity index (χ2v) is 9.43. The van der Waals surface area contributed by atoms with Crippen molar-refractivity contribution < 1.29 is 19.4 Å². The SMILES string of the molecule is CCCCc1ccc(Nc2cc(Oc3ccc(CCO)cc3)c(N)c3c2C(=O)c2ccccc2C3=O)cc1. The first-order chi connectivity index (χ1) is 18.5. The van der Waals surface area contributed by atoms with E-state index in [9.17, 15) is 14.7 Å². The lowest BCUT2D eigenvalue weighted by Gasteiger charge is -2.24. The Balaban J connectivity index is 1.58. The maximum absolute atomic E-state index is 13.6. The van der Waals surface area contributed by atoms with Crippen LogP contribution < -0.4 is 15.8 Å². The molecule has 1 aliphatic rings. The Kier molecular flexibility index (Phi) is 7.24. The largest absolute Gasteiger partial charge is 0.455 e. The molecule has 0 atom stereocenters. The molecule has 0 aliphatic heterocycles. The van der Waals surface area contributed by atoms with E-state index >= 15 is 0 Å². The van der Waals surface area contributed by atoms with Crippen molar-refractivity contribution in [3.05, 3.63) is 112 Å². The Morgan fingerprint density at radius 2 is 1.42 bits per heavy atom. The molecule has 0 saturated heterocycles. The number of ketones is 2. The van der Waals surface area contributed by atoms with Gasteiger partial charge in [0.25, 0.3) is 0 Å². The molecule has 0 heterocycles. The highest BCUT2D eigenvalue weighted by Gasteiger charge is 2.35. The number of carbonyl (C=O) groups is 2. The summed E-state index contributed by atoms with van der Waals surface area (Å²) in [4.78, 5) is 27.3. The minimum Gasteiger partial charge on any atom is -0.455 e. The van der Waals surface area contributed by atoms with Gasteiger partial charge in [-0.1, -0.05) is 61.9 Å². The molecule has 0 radical (unpaired) electrons. The van der Waals surface area contributed by atoms with E-state index < -0.39 is 0 Å². The van der Waals surface area contributed by atoms with Crippen LogP contribution in [0, 0.1) is 0 Å². The topological polar surface area (TPSA) is 102 Å². The predicted molar refractivity (Wildman–Crippen MR) is 150 cm³/mol. The molecule has 38 heavy (non-hydrogen) atoms. The van der Waals surface area contributed by atoms with Gasteiger partial charge in [-0.3, -0.25) is 9.59 Å². The molecule has 4 N–H and O–H groups in total. The number of ether oxygens (including phenoxy) is 1. The highest BCUT2D eigenvalue weighted by molar-refractivity contribution is 6.32. The number of aliphatic hydroxyl groups is 1. The molecule has 6 nitrogen and oxygen atoms in total. The number of nitrogens with one attached hydrogen (secondary N) is 1. The number of fused-ring (bicyclic) bond motifs is 2. The van der Waals surface area contributed by atoms with Crippen molar-refractivity contribution in [2.24, 2.45) is 0 Å². The number of aryl methyl sites for hydroxylation is 1. The van der Waals surface area contributed by atoms with Gasteiger partial charge in [0.1, 0.15) is 5.75 Å². The average Bonchev–Trinajstić information content (AvgIpc) is 2.94. The Labute approximate surface area is 222 Å². The van der Waals surface area contributed by atoms with Crippen molar-refractivity contribution in [1.82, 2.24) is 0 Å². The lowest BCUT2D eigenvalue weighted by atomic mass is 9.82. The molecule has 0 bridgehead atoms. The zero-order valence-electron chi connectivity index (χ0n) is 21.3. The summed E-state index contributed by atoms with van der Waals surface area (Å²) < 4.78 is 6.13. The third kappa shape index (κ3) is 4.91. The van der Waals surface area contributed by atoms with Crippen LogP contribution in [-0.4, -0.2) is 23.3 Å². The fourth-order valence-corrected chi connectivity index (χ4v) is 4.75. The highest BCUT2D eigenvalue weighted by atomic mass is 16.5. The lowest BCUT2D eigenvalue weighted by Crippen LogP contribution is -2.24. The average molecular weight is 507 g/mol. The van der Waals surface area contributed by atoms with Gasteiger partial charge in [0.05, 0.1) is 22.5 Å². The van der Waals surface area contributed by atoms with E-state index in [0.29, 0.717) is 29.0 Å². The molecule has 0 aromatic heterocycles. The van der Waals surface area contributed by atoms with Crippen molar-refractivity contribution in [2.75, 3.05) is 17.7 Å². The molecule has 1 aliphatic carbocycles. The van der Waals surface area contributed by atoms with E-state index in [1.807, 2.05) is 24.3 Å². The lowest BCUT2D eigenvalue weighted by molar-refractivity contribution is 0.0980. The van der Waals surface area contributed by atoms with Crippen LogP contribution in [0.25, 0.3) is 0 Å². The van der Waals surface area contributed by atoms with Gasteiger partial charge in [0.15, 0.2) is 17.3 Å². The van der Waals surface area contributed by atoms with Gasteiger partial charge >= 0.3 is 0 Å². The molecule has 0 unspecified atom stereocenters. The van der Waals surface area contributed by atoms with Gasteiger partial charge in [0, 0.05) is 29.5 Å². The molecule has 0 fully saturated rings. The molecule has 6 heteroatoms. The third-order valence-corrected chi connectivity index (χ3v) is 6.80. The van der Waals surface area contributed by atoms with Gasteiger partial charge in [-0.2, -0.15) is 0 Å². The molecule has 0 saturated carbocycles. The Morgan fingerprint density at radius 1 is 0.816 bits per heavy atom. The molecule has 0 amide bonds. The van der Waals surface area contributed by atoms with Crippen LogP contribution in [0.15, 0.2) is 78.9 Å². The monoisotopic (exact) mass is 506 g/mol. The third-order valence-electron chi connectivity index (χ3n) is 6.80. The highest BCUT2D eigenvalue weighted by Crippen LogP contribution is 2.43. The van der Waals surface area contributed by atoms with Crippen LogP contribution in [-0.2, 0) is 12.8 Å². The standard InChI is InChI=1S/C32H30N2O4/c1-2-3-6-20-9-13-22(14-10-20)34-26-19-27(38-23-15-11-21(12-16-23)17-18-35)30(33)29-28(26)31(36)24-7-4-5-8-25(24)32(29)37/h4-5,7-16,19,34-35H,2-3,6,17-18,33H2,1H3. The van der Waals surface area contributed by atoms with E-state index in [-0.39, 0.29) is 40.7 Å². The fraction of sp³-hybridized carbons (Fsp3) is 0.188. The van der Waals surface area contributed by atoms with Crippen LogP contribution in [0.5, 0.6) is 11.5 Å². The maximum Gasteiger partial charge on any atom is 0.196 e. The summed E-state index contributed by atoms with van der Waals surface area (Å²) in [5.41, 5.74) is 11.2. The van der Waals surface area contributed by atoms with Crippen LogP contribution in [0.4, 0.5) is 17.1 Å². The summed E-state index contributed by atoms with van der Waals surface area (Å²) in [6.45, 7) is 2.23. The van der Waals surface area contributed by atoms with Crippen LogP contribution in [0.2, 0.25) is 0 Å². The number of aliphatic hydroxyl groups excluding tert-OH is 1. The van der Waals surface area contributed by atoms with Gasteiger partial charge in [0.2, 0.25) is 0 Å². The quantitative estimate of drug-likeness (QED) is 0.198. The summed E-state index contributed by atoms with van der Waals surface area (Å²) in [5, 5.41) is 12.5. The summed E-state index contributed by atoms with van der Waals surface area (Å²) >= 11 is 0. The second-order valence-electron chi connectivity index (χ2n) is 9.43. The predicted octanol–water partition coefficient (Wildman–Crippen LogP) is 6.46. The maximum atomic E-state index is 13.6. The fourth-order valence-electron chi connectivity index (χ4n) is 4.75. The molecular weight excluding hydrogens is 476 g/mol. The summed E-state index contributed by atoms with van der Waals surface area (Å²) in [6, 6.07) is 23.8. The van der Waals surface area contributed by atoms with Crippen molar-refractivity contribution >= 4 is 28.6 Å². The zero-order chi connectivity index (χ0) is 26.6. The number of nitrogen functional groups attached to an aromatic ring is 1. The number of anilines is 3. The van der Waals surface area contributed by atoms with Crippen LogP contribution in [0.3, 0.4) is 0 Å². The normalized spacial score (nSPS) is 12.2. The molecular formula is C32H30N2O4. The van der Waals surface area contributed by atoms with Gasteiger partial charge in [-0.05, 0) is 54.7 Å². The summed E-state index contributed by atoms with van der Waals surface area (Å²) in [7, 11) is 0. The molecule has 192 valence electrons. The van der Waals surface area contributed by atoms with Crippen molar-refractivity contribution in [2.45, 2.75) is 32.6 Å². The number of carbonyl (C=O) groups excluding carboxylic acids is 2. The van der Waals surface area contributed by atoms with Gasteiger partial charge < -0.3 is 20.9 Å². The minimum atomic E-state index is -0.311. The van der Waals surface area contributed by atoms with E-state index in [0.717, 1.165) is 30.5 Å². The minimum absolute atomic E-state index is 0.0597. The molecule has 4 aromatic rings. The van der Waals surface area contributed by atoms with E-state index in [4.69, 9.17) is 10.5 Å². The number of nitrogens with two attached hydrogens (primary N) is 1. The number of hydrogen-bond donors (Lipinski definition) is 3. The van der Waals surface area contributed by atoms with E-state index in [1.54, 1.807) is 42.5 Å². The Bertz CT molecular complexity index is 1490. The number of benzene rings is 4. The zero-order valence-corrected chi connectivity index (χ0v) is 21.3. The van der Waals surface area contributed by atoms with Gasteiger partial charge in [-0.15, -0.1) is 0 Å². The Morgan fingerprint density at radius 3 is 2.05 bits per heavy atom. The van der Waals surface area contributed by atoms with Gasteiger partial charge in [-0.25, -0.2) is 0 Å². The number of hydrogen-bond acceptors (Lipinski definition) is 6. The van der Waals surface area contributed by atoms with Crippen molar-refractivity contribution in [3.63, 3.8) is 0 Å². The van der Waals surface area contributed by atoms with Crippen molar-refractivity contribution in [3.8, 4) is 11.5 Å². The second kappa shape index (κ2) is 10.9. The molecule has 5 rings (SSSR count). The molecule has 4 aromatic carbocycles. The van der Waals surface area contributed by atoms with Crippen LogP contribution in [0.1, 0.15) is 62.7 Å². The number of unbranched alkanes of at least 4 members (excludes halogenated alkanes) is 1. The van der Waals surface area contributed by atoms with E-state index in [1.165, 1.54) is 5.56 Å². The van der Waals surface area contributed by atoms with E-state index in [2.05, 4.69) is 24.4 Å². The first-order valence-electron chi connectivity index (χ1n) is 12.9. The number of rotatable bonds is 9. The first-order valence-corrected chi connectivity index (χ1v) is 12.9. The molecule has 0 spiro atoms. The Hall–Kier alpha value is -4.42. The summed E-state index contributed by atoms with van der Waals surface area (Å²) in [5.74, 6) is 0.235. The smallest absolute Gasteiger partial charge is 0.196 e.